The van der Waals surface area contributed by atoms with Crippen LogP contribution in [0.4, 0.5) is 13.2 Å². The second-order valence-electron chi connectivity index (χ2n) is 5.24. The minimum absolute atomic E-state index is 0.180. The molecular formula is C16H14ClF3N4O3S. The second kappa shape index (κ2) is 9.51. The van der Waals surface area contributed by atoms with Gasteiger partial charge in [0, 0.05) is 24.9 Å². The third-order valence-corrected chi connectivity index (χ3v) is 4.58. The SMILES string of the molecule is Cn1c(F)cc(=O)n(-c2ccc3snc(C(=O)NCCCl)c3c2)c1=O.FCF. The highest BCUT2D eigenvalue weighted by Gasteiger charge is 2.16. The lowest BCUT2D eigenvalue weighted by atomic mass is 10.2. The van der Waals surface area contributed by atoms with Gasteiger partial charge in [-0.2, -0.15) is 8.76 Å². The van der Waals surface area contributed by atoms with Crippen LogP contribution < -0.4 is 16.6 Å². The molecule has 0 spiro atoms. The van der Waals surface area contributed by atoms with Crippen molar-refractivity contribution in [3.63, 3.8) is 0 Å². The Morgan fingerprint density at radius 1 is 1.29 bits per heavy atom. The number of amides is 1. The molecule has 150 valence electrons. The smallest absolute Gasteiger partial charge is 0.337 e. The molecule has 0 fully saturated rings. The molecule has 0 aliphatic heterocycles. The zero-order valence-corrected chi connectivity index (χ0v) is 16.0. The van der Waals surface area contributed by atoms with E-state index < -0.39 is 30.0 Å². The van der Waals surface area contributed by atoms with Crippen molar-refractivity contribution in [2.24, 2.45) is 7.05 Å². The van der Waals surface area contributed by atoms with E-state index in [4.69, 9.17) is 11.6 Å². The standard InChI is InChI=1S/C15H12ClFN4O3S.CH2F2/c1-20-11(17)7-12(22)21(15(20)24)8-2-3-10-9(6-8)13(19-25-10)14(23)18-5-4-16;2-1-3/h2-3,6-7H,4-5H2,1H3,(H,18,23);1H2. The van der Waals surface area contributed by atoms with Crippen molar-refractivity contribution in [3.8, 4) is 5.69 Å². The van der Waals surface area contributed by atoms with Crippen LogP contribution in [0, 0.1) is 5.95 Å². The van der Waals surface area contributed by atoms with Crippen molar-refractivity contribution in [2.75, 3.05) is 19.4 Å². The molecule has 0 unspecified atom stereocenters. The monoisotopic (exact) mass is 434 g/mol. The number of benzene rings is 1. The maximum Gasteiger partial charge on any atom is 0.337 e. The van der Waals surface area contributed by atoms with Crippen molar-refractivity contribution >= 4 is 39.1 Å². The van der Waals surface area contributed by atoms with Gasteiger partial charge in [-0.15, -0.1) is 11.6 Å². The Morgan fingerprint density at radius 2 is 1.96 bits per heavy atom. The Labute approximate surface area is 165 Å². The first-order chi connectivity index (χ1) is 13.3. The summed E-state index contributed by atoms with van der Waals surface area (Å²) >= 11 is 6.67. The average molecular weight is 435 g/mol. The summed E-state index contributed by atoms with van der Waals surface area (Å²) in [5, 5.41) is 3.11. The van der Waals surface area contributed by atoms with Crippen molar-refractivity contribution in [3.05, 3.63) is 56.7 Å². The number of halogens is 4. The molecule has 0 aliphatic rings. The number of carbonyl (C=O) groups is 1. The van der Waals surface area contributed by atoms with Gasteiger partial charge in [0.05, 0.1) is 16.5 Å². The van der Waals surface area contributed by atoms with Gasteiger partial charge >= 0.3 is 5.69 Å². The zero-order chi connectivity index (χ0) is 20.8. The van der Waals surface area contributed by atoms with E-state index in [0.717, 1.165) is 26.7 Å². The lowest BCUT2D eigenvalue weighted by Gasteiger charge is -2.08. The van der Waals surface area contributed by atoms with Gasteiger partial charge in [-0.25, -0.2) is 18.1 Å². The minimum atomic E-state index is -1.75. The molecule has 0 bridgehead atoms. The Bertz CT molecular complexity index is 1110. The van der Waals surface area contributed by atoms with Crippen molar-refractivity contribution in [1.82, 2.24) is 18.8 Å². The highest BCUT2D eigenvalue weighted by Crippen LogP contribution is 2.24. The number of nitrogens with one attached hydrogen (secondary N) is 1. The Hall–Kier alpha value is -2.66. The Kier molecular flexibility index (Phi) is 7.35. The molecule has 1 amide bonds. The molecule has 2 aromatic heterocycles. The third kappa shape index (κ3) is 4.42. The quantitative estimate of drug-likeness (QED) is 0.503. The van der Waals surface area contributed by atoms with Crippen molar-refractivity contribution in [1.29, 1.82) is 0 Å². The van der Waals surface area contributed by atoms with Crippen LogP contribution in [0.2, 0.25) is 0 Å². The molecule has 0 atom stereocenters. The number of rotatable bonds is 4. The summed E-state index contributed by atoms with van der Waals surface area (Å²) in [5.74, 6) is -1.06. The van der Waals surface area contributed by atoms with E-state index in [-0.39, 0.29) is 23.8 Å². The summed E-state index contributed by atoms with van der Waals surface area (Å²) in [6, 6.07) is 5.43. The lowest BCUT2D eigenvalue weighted by molar-refractivity contribution is 0.0954. The van der Waals surface area contributed by atoms with Crippen molar-refractivity contribution < 1.29 is 18.0 Å². The van der Waals surface area contributed by atoms with Crippen LogP contribution in [0.25, 0.3) is 15.8 Å². The van der Waals surface area contributed by atoms with Crippen LogP contribution in [-0.4, -0.2) is 38.8 Å². The first-order valence-corrected chi connectivity index (χ1v) is 9.01. The molecule has 0 radical (unpaired) electrons. The van der Waals surface area contributed by atoms with E-state index in [1.807, 2.05) is 0 Å². The molecule has 28 heavy (non-hydrogen) atoms. The van der Waals surface area contributed by atoms with Crippen LogP contribution in [0.1, 0.15) is 10.5 Å². The highest BCUT2D eigenvalue weighted by atomic mass is 35.5. The van der Waals surface area contributed by atoms with Gasteiger partial charge in [0.1, 0.15) is 5.69 Å². The first kappa shape index (κ1) is 21.6. The van der Waals surface area contributed by atoms with Gasteiger partial charge in [-0.3, -0.25) is 14.2 Å². The predicted octanol–water partition coefficient (Wildman–Crippen LogP) is 2.14. The summed E-state index contributed by atoms with van der Waals surface area (Å²) < 4.78 is 39.1. The van der Waals surface area contributed by atoms with Crippen LogP contribution in [0.5, 0.6) is 0 Å². The number of hydrogen-bond donors (Lipinski definition) is 1. The summed E-state index contributed by atoms with van der Waals surface area (Å²) in [4.78, 5) is 36.4. The van der Waals surface area contributed by atoms with E-state index in [2.05, 4.69) is 9.69 Å². The highest BCUT2D eigenvalue weighted by molar-refractivity contribution is 7.13. The van der Waals surface area contributed by atoms with Crippen molar-refractivity contribution in [2.45, 2.75) is 0 Å². The molecule has 0 aliphatic carbocycles. The molecule has 3 aromatic rings. The predicted molar refractivity (Wildman–Crippen MR) is 101 cm³/mol. The Balaban J connectivity index is 0.000000878. The topological polar surface area (TPSA) is 86.0 Å². The molecule has 3 rings (SSSR count). The summed E-state index contributed by atoms with van der Waals surface area (Å²) in [6.07, 6.45) is 0. The van der Waals surface area contributed by atoms with Gasteiger partial charge in [0.15, 0.2) is 0 Å². The van der Waals surface area contributed by atoms with Crippen LogP contribution in [0.3, 0.4) is 0 Å². The van der Waals surface area contributed by atoms with Crippen LogP contribution in [-0.2, 0) is 7.05 Å². The zero-order valence-electron chi connectivity index (χ0n) is 14.4. The van der Waals surface area contributed by atoms with E-state index >= 15 is 0 Å². The molecule has 0 saturated heterocycles. The maximum absolute atomic E-state index is 13.5. The Morgan fingerprint density at radius 3 is 2.61 bits per heavy atom. The summed E-state index contributed by atoms with van der Waals surface area (Å²) in [6.45, 7) is -1.46. The first-order valence-electron chi connectivity index (χ1n) is 7.70. The van der Waals surface area contributed by atoms with E-state index in [9.17, 15) is 27.6 Å². The summed E-state index contributed by atoms with van der Waals surface area (Å²) in [5.41, 5.74) is -1.21. The third-order valence-electron chi connectivity index (χ3n) is 3.57. The molecule has 7 nitrogen and oxygen atoms in total. The molecule has 12 heteroatoms. The second-order valence-corrected chi connectivity index (χ2v) is 6.42. The number of nitrogens with zero attached hydrogens (tertiary/aromatic N) is 3. The van der Waals surface area contributed by atoms with Crippen LogP contribution >= 0.6 is 23.1 Å². The van der Waals surface area contributed by atoms with E-state index in [1.165, 1.54) is 13.1 Å². The number of fused-ring (bicyclic) bond motifs is 1. The van der Waals surface area contributed by atoms with Gasteiger partial charge < -0.3 is 5.32 Å². The largest absolute Gasteiger partial charge is 0.349 e. The van der Waals surface area contributed by atoms with E-state index in [0.29, 0.717) is 10.1 Å². The number of aromatic nitrogens is 3. The molecular weight excluding hydrogens is 421 g/mol. The fraction of sp³-hybridized carbons (Fsp3) is 0.250. The number of alkyl halides is 3. The minimum Gasteiger partial charge on any atom is -0.349 e. The normalized spacial score (nSPS) is 10.5. The lowest BCUT2D eigenvalue weighted by Crippen LogP contribution is -2.38. The number of hydrogen-bond acceptors (Lipinski definition) is 5. The molecule has 0 saturated carbocycles. The molecule has 1 aromatic carbocycles. The maximum atomic E-state index is 13.5. The van der Waals surface area contributed by atoms with Gasteiger partial charge in [0.2, 0.25) is 12.9 Å². The fourth-order valence-corrected chi connectivity index (χ4v) is 3.16. The number of carbonyl (C=O) groups excluding carboxylic acids is 1. The van der Waals surface area contributed by atoms with Gasteiger partial charge in [-0.05, 0) is 29.7 Å². The fourth-order valence-electron chi connectivity index (χ4n) is 2.31. The molecule has 2 heterocycles. The summed E-state index contributed by atoms with van der Waals surface area (Å²) in [7, 11) is 1.23. The van der Waals surface area contributed by atoms with Gasteiger partial charge in [-0.1, -0.05) is 0 Å². The van der Waals surface area contributed by atoms with Crippen LogP contribution in [0.15, 0.2) is 33.9 Å². The molecule has 1 N–H and O–H groups in total. The average Bonchev–Trinajstić information content (AvgIpc) is 3.08. The van der Waals surface area contributed by atoms with E-state index in [1.54, 1.807) is 12.1 Å². The van der Waals surface area contributed by atoms with Gasteiger partial charge in [0.25, 0.3) is 11.5 Å².